The average Bonchev–Trinajstić information content (AvgIpc) is 3.02. The van der Waals surface area contributed by atoms with E-state index in [1.807, 2.05) is 18.2 Å². The minimum absolute atomic E-state index is 0.0241. The molecule has 0 fully saturated rings. The number of anilines is 1. The molecule has 0 aliphatic carbocycles. The fourth-order valence-corrected chi connectivity index (χ4v) is 3.01. The van der Waals surface area contributed by atoms with Gasteiger partial charge in [0.15, 0.2) is 0 Å². The molecule has 0 saturated heterocycles. The lowest BCUT2D eigenvalue weighted by Crippen LogP contribution is -2.43. The first-order chi connectivity index (χ1) is 13.5. The molecule has 0 saturated carbocycles. The van der Waals surface area contributed by atoms with Crippen molar-refractivity contribution >= 4 is 17.5 Å². The van der Waals surface area contributed by atoms with Gasteiger partial charge in [0.05, 0.1) is 18.0 Å². The predicted molar refractivity (Wildman–Crippen MR) is 102 cm³/mol. The van der Waals surface area contributed by atoms with Crippen molar-refractivity contribution in [2.75, 3.05) is 32.0 Å². The quantitative estimate of drug-likeness (QED) is 0.738. The maximum atomic E-state index is 12.4. The molecular weight excluding hydrogens is 358 g/mol. The van der Waals surface area contributed by atoms with Gasteiger partial charge >= 0.3 is 0 Å². The van der Waals surface area contributed by atoms with Crippen molar-refractivity contribution in [3.8, 4) is 6.07 Å². The lowest BCUT2D eigenvalue weighted by Gasteiger charge is -2.24. The van der Waals surface area contributed by atoms with Crippen LogP contribution >= 0.6 is 0 Å². The summed E-state index contributed by atoms with van der Waals surface area (Å²) in [7, 11) is 1.60. The second-order valence-electron chi connectivity index (χ2n) is 6.67. The Labute approximate surface area is 163 Å². The number of rotatable bonds is 7. The van der Waals surface area contributed by atoms with Crippen LogP contribution in [-0.2, 0) is 11.3 Å². The van der Waals surface area contributed by atoms with Crippen molar-refractivity contribution in [3.63, 3.8) is 0 Å². The molecular formula is C20H21N5O3. The number of nitriles is 1. The second kappa shape index (κ2) is 8.50. The van der Waals surface area contributed by atoms with Crippen LogP contribution < -0.4 is 5.32 Å². The first-order valence-corrected chi connectivity index (χ1v) is 8.87. The van der Waals surface area contributed by atoms with Gasteiger partial charge in [0, 0.05) is 32.2 Å². The van der Waals surface area contributed by atoms with E-state index in [4.69, 9.17) is 5.26 Å². The molecule has 2 amide bonds. The fourth-order valence-electron chi connectivity index (χ4n) is 3.01. The number of benzene rings is 1. The summed E-state index contributed by atoms with van der Waals surface area (Å²) in [5.41, 5.74) is 2.55. The number of likely N-dealkylation sites (N-methyl/N-ethyl adjacent to an activating group) is 1. The Morgan fingerprint density at radius 2 is 2.18 bits per heavy atom. The number of aliphatic hydroxyl groups excluding tert-OH is 1. The molecule has 1 aliphatic rings. The van der Waals surface area contributed by atoms with E-state index in [1.165, 1.54) is 16.0 Å². The van der Waals surface area contributed by atoms with Crippen LogP contribution in [0.3, 0.4) is 0 Å². The first kappa shape index (κ1) is 19.3. The number of aliphatic hydroxyl groups is 1. The molecule has 0 radical (unpaired) electrons. The molecule has 0 spiro atoms. The maximum Gasteiger partial charge on any atom is 0.254 e. The van der Waals surface area contributed by atoms with E-state index >= 15 is 0 Å². The summed E-state index contributed by atoms with van der Waals surface area (Å²) in [6, 6.07) is 12.5. The third kappa shape index (κ3) is 4.45. The molecule has 1 aromatic carbocycles. The standard InChI is InChI=1S/C20H21N5O3/c1-24(12-17(26)10-23-16-7-6-15(8-21)22-9-16)19(27)13-25-11-14-4-2-3-5-18(14)20(25)28/h2-7,9,17,23,26H,10-13H2,1H3. The molecule has 8 heteroatoms. The number of fused-ring (bicyclic) bond motifs is 1. The Balaban J connectivity index is 1.46. The van der Waals surface area contributed by atoms with Crippen LogP contribution in [0.15, 0.2) is 42.6 Å². The van der Waals surface area contributed by atoms with Crippen molar-refractivity contribution in [1.29, 1.82) is 5.26 Å². The van der Waals surface area contributed by atoms with E-state index in [9.17, 15) is 14.7 Å². The highest BCUT2D eigenvalue weighted by atomic mass is 16.3. The number of nitrogens with one attached hydrogen (secondary N) is 1. The smallest absolute Gasteiger partial charge is 0.254 e. The summed E-state index contributed by atoms with van der Waals surface area (Å²) in [4.78, 5) is 31.7. The predicted octanol–water partition coefficient (Wildman–Crippen LogP) is 0.840. The van der Waals surface area contributed by atoms with Crippen LogP contribution in [0.4, 0.5) is 5.69 Å². The number of hydrogen-bond acceptors (Lipinski definition) is 6. The van der Waals surface area contributed by atoms with E-state index in [2.05, 4.69) is 10.3 Å². The molecule has 1 aromatic heterocycles. The molecule has 1 atom stereocenters. The van der Waals surface area contributed by atoms with Crippen LogP contribution in [0, 0.1) is 11.3 Å². The zero-order chi connectivity index (χ0) is 20.1. The van der Waals surface area contributed by atoms with Gasteiger partial charge in [-0.2, -0.15) is 5.26 Å². The van der Waals surface area contributed by atoms with E-state index in [0.717, 1.165) is 5.56 Å². The third-order valence-corrected chi connectivity index (χ3v) is 4.55. The fraction of sp³-hybridized carbons (Fsp3) is 0.300. The van der Waals surface area contributed by atoms with Crippen LogP contribution in [0.1, 0.15) is 21.6 Å². The average molecular weight is 379 g/mol. The summed E-state index contributed by atoms with van der Waals surface area (Å²) in [6.07, 6.45) is 0.715. The number of pyridine rings is 1. The summed E-state index contributed by atoms with van der Waals surface area (Å²) >= 11 is 0. The molecule has 144 valence electrons. The Kier molecular flexibility index (Phi) is 5.87. The van der Waals surface area contributed by atoms with E-state index < -0.39 is 6.10 Å². The number of amides is 2. The molecule has 2 aromatic rings. The van der Waals surface area contributed by atoms with Gasteiger partial charge < -0.3 is 20.2 Å². The van der Waals surface area contributed by atoms with Gasteiger partial charge in [-0.25, -0.2) is 4.98 Å². The van der Waals surface area contributed by atoms with Crippen molar-refractivity contribution in [2.24, 2.45) is 0 Å². The van der Waals surface area contributed by atoms with Gasteiger partial charge in [0.25, 0.3) is 5.91 Å². The van der Waals surface area contributed by atoms with E-state index in [1.54, 1.807) is 31.3 Å². The molecule has 0 bridgehead atoms. The second-order valence-corrected chi connectivity index (χ2v) is 6.67. The summed E-state index contributed by atoms with van der Waals surface area (Å²) in [6.45, 7) is 0.748. The minimum Gasteiger partial charge on any atom is -0.389 e. The molecule has 3 rings (SSSR count). The molecule has 28 heavy (non-hydrogen) atoms. The summed E-state index contributed by atoms with van der Waals surface area (Å²) in [5.74, 6) is -0.381. The zero-order valence-corrected chi connectivity index (χ0v) is 15.5. The highest BCUT2D eigenvalue weighted by Crippen LogP contribution is 2.22. The Bertz CT molecular complexity index is 907. The third-order valence-electron chi connectivity index (χ3n) is 4.55. The Morgan fingerprint density at radius 1 is 1.39 bits per heavy atom. The number of carbonyl (C=O) groups is 2. The molecule has 1 unspecified atom stereocenters. The lowest BCUT2D eigenvalue weighted by molar-refractivity contribution is -0.131. The maximum absolute atomic E-state index is 12.4. The van der Waals surface area contributed by atoms with E-state index in [0.29, 0.717) is 23.5 Å². The van der Waals surface area contributed by atoms with Crippen LogP contribution in [-0.4, -0.2) is 64.5 Å². The highest BCUT2D eigenvalue weighted by Gasteiger charge is 2.29. The number of hydrogen-bond donors (Lipinski definition) is 2. The lowest BCUT2D eigenvalue weighted by atomic mass is 10.1. The van der Waals surface area contributed by atoms with Crippen molar-refractivity contribution in [3.05, 3.63) is 59.4 Å². The van der Waals surface area contributed by atoms with Crippen LogP contribution in [0.25, 0.3) is 0 Å². The molecule has 2 heterocycles. The van der Waals surface area contributed by atoms with Gasteiger partial charge in [0.2, 0.25) is 5.91 Å². The topological polar surface area (TPSA) is 110 Å². The summed E-state index contributed by atoms with van der Waals surface area (Å²) in [5, 5.41) is 21.9. The van der Waals surface area contributed by atoms with Gasteiger partial charge in [-0.15, -0.1) is 0 Å². The highest BCUT2D eigenvalue weighted by molar-refractivity contribution is 6.00. The van der Waals surface area contributed by atoms with Crippen molar-refractivity contribution in [1.82, 2.24) is 14.8 Å². The zero-order valence-electron chi connectivity index (χ0n) is 15.5. The molecule has 8 nitrogen and oxygen atoms in total. The van der Waals surface area contributed by atoms with E-state index in [-0.39, 0.29) is 31.4 Å². The van der Waals surface area contributed by atoms with Crippen LogP contribution in [0.5, 0.6) is 0 Å². The monoisotopic (exact) mass is 379 g/mol. The number of aromatic nitrogens is 1. The number of nitrogens with zero attached hydrogens (tertiary/aromatic N) is 4. The normalized spacial score (nSPS) is 13.6. The summed E-state index contributed by atoms with van der Waals surface area (Å²) < 4.78 is 0. The van der Waals surface area contributed by atoms with Gasteiger partial charge in [-0.3, -0.25) is 9.59 Å². The van der Waals surface area contributed by atoms with Gasteiger partial charge in [-0.05, 0) is 23.8 Å². The minimum atomic E-state index is -0.795. The van der Waals surface area contributed by atoms with Gasteiger partial charge in [-0.1, -0.05) is 18.2 Å². The SMILES string of the molecule is CN(CC(O)CNc1ccc(C#N)nc1)C(=O)CN1Cc2ccccc2C1=O. The van der Waals surface area contributed by atoms with Gasteiger partial charge in [0.1, 0.15) is 18.3 Å². The number of carbonyl (C=O) groups excluding carboxylic acids is 2. The van der Waals surface area contributed by atoms with Crippen molar-refractivity contribution < 1.29 is 14.7 Å². The molecule has 2 N–H and O–H groups in total. The van der Waals surface area contributed by atoms with Crippen LogP contribution in [0.2, 0.25) is 0 Å². The Hall–Kier alpha value is -3.44. The largest absolute Gasteiger partial charge is 0.389 e. The van der Waals surface area contributed by atoms with Crippen molar-refractivity contribution in [2.45, 2.75) is 12.6 Å². The first-order valence-electron chi connectivity index (χ1n) is 8.87. The molecule has 1 aliphatic heterocycles. The Morgan fingerprint density at radius 3 is 2.86 bits per heavy atom.